The van der Waals surface area contributed by atoms with E-state index in [-0.39, 0.29) is 5.09 Å². The molecule has 102 valence electrons. The molecule has 0 amide bonds. The molecule has 0 aliphatic rings. The Morgan fingerprint density at radius 2 is 1.95 bits per heavy atom. The van der Waals surface area contributed by atoms with Crippen LogP contribution >= 0.6 is 22.6 Å². The summed E-state index contributed by atoms with van der Waals surface area (Å²) in [6.07, 6.45) is 0. The molecule has 5 nitrogen and oxygen atoms in total. The standard InChI is InChI=1S/C12H13IN2O3S/c1-14-8-9-6-7-12(18-9)19(16,17)15-11-5-3-2-4-10(11)13/h2-7,14-15H,8H2,1H3. The van der Waals surface area contributed by atoms with Gasteiger partial charge >= 0.3 is 0 Å². The molecule has 1 aromatic heterocycles. The molecule has 0 radical (unpaired) electrons. The molecule has 0 aliphatic carbocycles. The minimum absolute atomic E-state index is 0.0857. The number of sulfonamides is 1. The fourth-order valence-corrected chi connectivity index (χ4v) is 3.25. The van der Waals surface area contributed by atoms with Crippen molar-refractivity contribution in [2.45, 2.75) is 11.6 Å². The van der Waals surface area contributed by atoms with E-state index in [0.717, 1.165) is 3.57 Å². The smallest absolute Gasteiger partial charge is 0.295 e. The number of hydrogen-bond donors (Lipinski definition) is 2. The van der Waals surface area contributed by atoms with E-state index in [0.29, 0.717) is 18.0 Å². The highest BCUT2D eigenvalue weighted by Gasteiger charge is 2.19. The molecule has 0 fully saturated rings. The van der Waals surface area contributed by atoms with Crippen LogP contribution in [-0.2, 0) is 16.6 Å². The predicted octanol–water partition coefficient (Wildman–Crippen LogP) is 2.40. The number of nitrogens with one attached hydrogen (secondary N) is 2. The zero-order valence-corrected chi connectivity index (χ0v) is 13.2. The molecule has 1 heterocycles. The van der Waals surface area contributed by atoms with Gasteiger partial charge in [0.2, 0.25) is 5.09 Å². The van der Waals surface area contributed by atoms with E-state index in [9.17, 15) is 8.42 Å². The van der Waals surface area contributed by atoms with Gasteiger partial charge in [0, 0.05) is 3.57 Å². The minimum atomic E-state index is -3.68. The maximum absolute atomic E-state index is 12.1. The maximum atomic E-state index is 12.1. The Bertz CT molecular complexity index is 667. The summed E-state index contributed by atoms with van der Waals surface area (Å²) in [5.74, 6) is 0.575. The molecule has 2 rings (SSSR count). The number of halogens is 1. The SMILES string of the molecule is CNCc1ccc(S(=O)(=O)Nc2ccccc2I)o1. The van der Waals surface area contributed by atoms with E-state index < -0.39 is 10.0 Å². The molecule has 7 heteroatoms. The monoisotopic (exact) mass is 392 g/mol. The zero-order valence-electron chi connectivity index (χ0n) is 10.2. The van der Waals surface area contributed by atoms with Gasteiger partial charge < -0.3 is 9.73 Å². The van der Waals surface area contributed by atoms with E-state index in [1.165, 1.54) is 6.07 Å². The van der Waals surface area contributed by atoms with Gasteiger partial charge in [-0.05, 0) is 53.9 Å². The van der Waals surface area contributed by atoms with Gasteiger partial charge in [-0.15, -0.1) is 0 Å². The fourth-order valence-electron chi connectivity index (χ4n) is 1.51. The van der Waals surface area contributed by atoms with Crippen molar-refractivity contribution in [1.29, 1.82) is 0 Å². The number of hydrogen-bond acceptors (Lipinski definition) is 4. The summed E-state index contributed by atoms with van der Waals surface area (Å²) in [5.41, 5.74) is 0.537. The lowest BCUT2D eigenvalue weighted by Gasteiger charge is -2.07. The van der Waals surface area contributed by atoms with Crippen LogP contribution in [0.1, 0.15) is 5.76 Å². The Morgan fingerprint density at radius 3 is 2.63 bits per heavy atom. The maximum Gasteiger partial charge on any atom is 0.295 e. The largest absolute Gasteiger partial charge is 0.446 e. The fraction of sp³-hybridized carbons (Fsp3) is 0.167. The van der Waals surface area contributed by atoms with Gasteiger partial charge in [0.05, 0.1) is 12.2 Å². The first-order valence-electron chi connectivity index (χ1n) is 5.53. The average Bonchev–Trinajstić information content (AvgIpc) is 2.82. The molecular formula is C12H13IN2O3S. The van der Waals surface area contributed by atoms with Crippen molar-refractivity contribution in [2.75, 3.05) is 11.8 Å². The number of rotatable bonds is 5. The molecule has 0 spiro atoms. The van der Waals surface area contributed by atoms with Crippen LogP contribution in [0, 0.1) is 3.57 Å². The van der Waals surface area contributed by atoms with Crippen LogP contribution in [0.2, 0.25) is 0 Å². The highest BCUT2D eigenvalue weighted by Crippen LogP contribution is 2.22. The van der Waals surface area contributed by atoms with Crippen molar-refractivity contribution in [3.63, 3.8) is 0 Å². The van der Waals surface area contributed by atoms with Crippen molar-refractivity contribution in [1.82, 2.24) is 5.32 Å². The first-order chi connectivity index (χ1) is 9.03. The van der Waals surface area contributed by atoms with Gasteiger partial charge in [-0.2, -0.15) is 8.42 Å². The Hall–Kier alpha value is -1.06. The first-order valence-corrected chi connectivity index (χ1v) is 8.10. The summed E-state index contributed by atoms with van der Waals surface area (Å²) in [4.78, 5) is 0. The second kappa shape index (κ2) is 5.93. The van der Waals surface area contributed by atoms with Gasteiger partial charge in [-0.3, -0.25) is 4.72 Å². The second-order valence-electron chi connectivity index (χ2n) is 3.84. The highest BCUT2D eigenvalue weighted by molar-refractivity contribution is 14.1. The topological polar surface area (TPSA) is 71.3 Å². The lowest BCUT2D eigenvalue weighted by Crippen LogP contribution is -2.13. The Kier molecular flexibility index (Phi) is 4.48. The van der Waals surface area contributed by atoms with Crippen molar-refractivity contribution in [3.05, 3.63) is 45.7 Å². The predicted molar refractivity (Wildman–Crippen MR) is 81.4 cm³/mol. The molecule has 0 saturated heterocycles. The summed E-state index contributed by atoms with van der Waals surface area (Å²) < 4.78 is 32.9. The Labute approximate surface area is 125 Å². The number of para-hydroxylation sites is 1. The van der Waals surface area contributed by atoms with Crippen LogP contribution in [-0.4, -0.2) is 15.5 Å². The third kappa shape index (κ3) is 3.48. The number of anilines is 1. The molecule has 0 aliphatic heterocycles. The molecular weight excluding hydrogens is 379 g/mol. The summed E-state index contributed by atoms with van der Waals surface area (Å²) in [5, 5.41) is 2.81. The number of furan rings is 1. The molecule has 0 bridgehead atoms. The highest BCUT2D eigenvalue weighted by atomic mass is 127. The first kappa shape index (κ1) is 14.4. The van der Waals surface area contributed by atoms with Crippen LogP contribution < -0.4 is 10.0 Å². The lowest BCUT2D eigenvalue weighted by molar-refractivity contribution is 0.408. The molecule has 0 atom stereocenters. The van der Waals surface area contributed by atoms with Gasteiger partial charge in [0.15, 0.2) is 0 Å². The van der Waals surface area contributed by atoms with E-state index in [2.05, 4.69) is 32.6 Å². The van der Waals surface area contributed by atoms with Crippen LogP contribution in [0.3, 0.4) is 0 Å². The van der Waals surface area contributed by atoms with Gasteiger partial charge in [-0.25, -0.2) is 0 Å². The van der Waals surface area contributed by atoms with Crippen LogP contribution in [0.15, 0.2) is 45.9 Å². The third-order valence-corrected chi connectivity index (χ3v) is 4.55. The molecule has 2 aromatic rings. The van der Waals surface area contributed by atoms with Crippen LogP contribution in [0.4, 0.5) is 5.69 Å². The number of benzene rings is 1. The third-order valence-electron chi connectivity index (χ3n) is 2.37. The zero-order chi connectivity index (χ0) is 13.9. The molecule has 19 heavy (non-hydrogen) atoms. The van der Waals surface area contributed by atoms with Crippen molar-refractivity contribution in [2.24, 2.45) is 0 Å². The van der Waals surface area contributed by atoms with E-state index in [1.54, 1.807) is 25.2 Å². The van der Waals surface area contributed by atoms with Crippen LogP contribution in [0.5, 0.6) is 0 Å². The lowest BCUT2D eigenvalue weighted by atomic mass is 10.3. The molecule has 0 unspecified atom stereocenters. The van der Waals surface area contributed by atoms with Crippen molar-refractivity contribution >= 4 is 38.3 Å². The Morgan fingerprint density at radius 1 is 1.21 bits per heavy atom. The average molecular weight is 392 g/mol. The minimum Gasteiger partial charge on any atom is -0.446 e. The van der Waals surface area contributed by atoms with Gasteiger partial charge in [0.25, 0.3) is 10.0 Å². The summed E-state index contributed by atoms with van der Waals surface area (Å²) in [7, 11) is -1.92. The van der Waals surface area contributed by atoms with Crippen molar-refractivity contribution in [3.8, 4) is 0 Å². The van der Waals surface area contributed by atoms with Crippen molar-refractivity contribution < 1.29 is 12.8 Å². The van der Waals surface area contributed by atoms with E-state index in [1.807, 2.05) is 12.1 Å². The van der Waals surface area contributed by atoms with Crippen LogP contribution in [0.25, 0.3) is 0 Å². The van der Waals surface area contributed by atoms with E-state index in [4.69, 9.17) is 4.42 Å². The summed E-state index contributed by atoms with van der Waals surface area (Å²) in [6.45, 7) is 0.485. The van der Waals surface area contributed by atoms with E-state index >= 15 is 0 Å². The molecule has 1 aromatic carbocycles. The molecule has 2 N–H and O–H groups in total. The van der Waals surface area contributed by atoms with Gasteiger partial charge in [-0.1, -0.05) is 12.1 Å². The quantitative estimate of drug-likeness (QED) is 0.767. The molecule has 0 saturated carbocycles. The Balaban J connectivity index is 2.25. The normalized spacial score (nSPS) is 11.5. The second-order valence-corrected chi connectivity index (χ2v) is 6.61. The van der Waals surface area contributed by atoms with Gasteiger partial charge in [0.1, 0.15) is 5.76 Å². The summed E-state index contributed by atoms with van der Waals surface area (Å²) >= 11 is 2.07. The summed E-state index contributed by atoms with van der Waals surface area (Å²) in [6, 6.07) is 10.2.